The lowest BCUT2D eigenvalue weighted by Gasteiger charge is -2.33. The third-order valence-electron chi connectivity index (χ3n) is 9.52. The summed E-state index contributed by atoms with van der Waals surface area (Å²) in [4.78, 5) is 5.29. The molecule has 42 heavy (non-hydrogen) atoms. The predicted octanol–water partition coefficient (Wildman–Crippen LogP) is 12.8. The largest absolute Gasteiger partial charge is 0.356 e. The monoisotopic (exact) mass is 581 g/mol. The summed E-state index contributed by atoms with van der Waals surface area (Å²) in [5.41, 5.74) is 1.47. The molecule has 2 nitrogen and oxygen atoms in total. The lowest BCUT2D eigenvalue weighted by molar-refractivity contribution is 0.148. The van der Waals surface area contributed by atoms with Gasteiger partial charge in [-0.1, -0.05) is 198 Å². The molecule has 1 atom stereocenters. The van der Waals surface area contributed by atoms with E-state index in [1.165, 1.54) is 186 Å². The van der Waals surface area contributed by atoms with Gasteiger partial charge in [0.1, 0.15) is 6.17 Å². The maximum absolute atomic E-state index is 2.65. The fraction of sp³-hybridized carbons (Fsp3) is 0.800. The first-order valence-electron chi connectivity index (χ1n) is 19.1. The molecular formula is C40H72N2. The molecule has 0 radical (unpaired) electrons. The maximum atomic E-state index is 2.65. The Kier molecular flexibility index (Phi) is 23.7. The molecule has 1 heterocycles. The fourth-order valence-electron chi connectivity index (χ4n) is 6.69. The third-order valence-corrected chi connectivity index (χ3v) is 9.52. The molecule has 0 N–H and O–H groups in total. The van der Waals surface area contributed by atoms with Crippen molar-refractivity contribution in [3.05, 3.63) is 48.3 Å². The van der Waals surface area contributed by atoms with Gasteiger partial charge in [0.2, 0.25) is 0 Å². The van der Waals surface area contributed by atoms with Crippen LogP contribution in [0.4, 0.5) is 0 Å². The van der Waals surface area contributed by atoms with Gasteiger partial charge < -0.3 is 9.80 Å². The van der Waals surface area contributed by atoms with Gasteiger partial charge in [-0.3, -0.25) is 0 Å². The first-order chi connectivity index (χ1) is 20.8. The van der Waals surface area contributed by atoms with Gasteiger partial charge in [-0.05, 0) is 18.4 Å². The zero-order chi connectivity index (χ0) is 29.8. The third kappa shape index (κ3) is 19.0. The van der Waals surface area contributed by atoms with Crippen molar-refractivity contribution in [3.63, 3.8) is 0 Å². The van der Waals surface area contributed by atoms with E-state index < -0.39 is 0 Å². The fourth-order valence-corrected chi connectivity index (χ4v) is 6.69. The molecule has 1 aliphatic heterocycles. The molecule has 242 valence electrons. The summed E-state index contributed by atoms with van der Waals surface area (Å²) in [5.74, 6) is 0. The number of hydrogen-bond acceptors (Lipinski definition) is 2. The molecule has 0 fully saturated rings. The first kappa shape index (κ1) is 36.8. The summed E-state index contributed by atoms with van der Waals surface area (Å²) in [7, 11) is 0. The standard InChI is InChI=1S/C40H72N2/c1-3-5-7-9-11-13-15-16-17-18-19-20-22-24-26-31-35-42-37-36-41(40(42)38-39-32-28-27-29-33-39)34-30-25-23-21-14-12-10-8-6-4-2/h27-29,32-33,36-37,40H,3-26,30-31,34-35,38H2,1-2H3. The molecule has 0 aromatic heterocycles. The lowest BCUT2D eigenvalue weighted by atomic mass is 10.0. The van der Waals surface area contributed by atoms with Gasteiger partial charge in [0.25, 0.3) is 0 Å². The van der Waals surface area contributed by atoms with Crippen molar-refractivity contribution < 1.29 is 0 Å². The molecule has 0 spiro atoms. The lowest BCUT2D eigenvalue weighted by Crippen LogP contribution is -2.41. The number of hydrogen-bond donors (Lipinski definition) is 0. The van der Waals surface area contributed by atoms with Gasteiger partial charge in [0.05, 0.1) is 0 Å². The molecule has 0 bridgehead atoms. The Bertz CT molecular complexity index is 714. The quantitative estimate of drug-likeness (QED) is 0.0835. The van der Waals surface area contributed by atoms with Crippen LogP contribution in [0.1, 0.15) is 186 Å². The average molecular weight is 581 g/mol. The van der Waals surface area contributed by atoms with Gasteiger partial charge in [0, 0.05) is 31.9 Å². The Morgan fingerprint density at radius 2 is 0.714 bits per heavy atom. The second-order valence-corrected chi connectivity index (χ2v) is 13.4. The summed E-state index contributed by atoms with van der Waals surface area (Å²) in [5, 5.41) is 0. The average Bonchev–Trinajstić information content (AvgIpc) is 3.39. The van der Waals surface area contributed by atoms with Crippen molar-refractivity contribution in [3.8, 4) is 0 Å². The number of nitrogens with zero attached hydrogens (tertiary/aromatic N) is 2. The zero-order valence-electron chi connectivity index (χ0n) is 28.5. The molecule has 0 amide bonds. The van der Waals surface area contributed by atoms with Crippen molar-refractivity contribution in [2.24, 2.45) is 0 Å². The van der Waals surface area contributed by atoms with Crippen LogP contribution in [0.25, 0.3) is 0 Å². The second-order valence-electron chi connectivity index (χ2n) is 13.4. The van der Waals surface area contributed by atoms with Gasteiger partial charge in [-0.15, -0.1) is 0 Å². The Balaban J connectivity index is 1.52. The van der Waals surface area contributed by atoms with Crippen LogP contribution in [0.15, 0.2) is 42.7 Å². The summed E-state index contributed by atoms with van der Waals surface area (Å²) in [6.45, 7) is 7.03. The minimum absolute atomic E-state index is 0.502. The molecule has 0 saturated heterocycles. The molecule has 1 aromatic rings. The van der Waals surface area contributed by atoms with E-state index >= 15 is 0 Å². The Labute approximate surface area is 264 Å². The number of benzene rings is 1. The Morgan fingerprint density at radius 3 is 1.05 bits per heavy atom. The molecular weight excluding hydrogens is 508 g/mol. The minimum atomic E-state index is 0.502. The van der Waals surface area contributed by atoms with Crippen molar-refractivity contribution >= 4 is 0 Å². The van der Waals surface area contributed by atoms with Crippen LogP contribution in [0, 0.1) is 0 Å². The second kappa shape index (κ2) is 27.1. The summed E-state index contributed by atoms with van der Waals surface area (Å²) < 4.78 is 0. The van der Waals surface area contributed by atoms with Crippen LogP contribution >= 0.6 is 0 Å². The van der Waals surface area contributed by atoms with Crippen LogP contribution in [0.5, 0.6) is 0 Å². The summed E-state index contributed by atoms with van der Waals surface area (Å²) in [6.07, 6.45) is 43.6. The van der Waals surface area contributed by atoms with E-state index in [9.17, 15) is 0 Å². The highest BCUT2D eigenvalue weighted by atomic mass is 15.4. The smallest absolute Gasteiger partial charge is 0.105 e. The van der Waals surface area contributed by atoms with E-state index in [1.807, 2.05) is 0 Å². The van der Waals surface area contributed by atoms with E-state index in [-0.39, 0.29) is 0 Å². The summed E-state index contributed by atoms with van der Waals surface area (Å²) in [6, 6.07) is 11.2. The van der Waals surface area contributed by atoms with Crippen LogP contribution in [0.3, 0.4) is 0 Å². The normalized spacial score (nSPS) is 14.9. The highest BCUT2D eigenvalue weighted by molar-refractivity contribution is 5.17. The Hall–Kier alpha value is -1.44. The van der Waals surface area contributed by atoms with Crippen molar-refractivity contribution in [2.45, 2.75) is 193 Å². The topological polar surface area (TPSA) is 6.48 Å². The summed E-state index contributed by atoms with van der Waals surface area (Å²) >= 11 is 0. The molecule has 0 aliphatic carbocycles. The number of unbranched alkanes of at least 4 members (excludes halogenated alkanes) is 24. The molecule has 1 aromatic carbocycles. The SMILES string of the molecule is CCCCCCCCCCCCCCCCCCN1C=CN(CCCCCCCCCCCC)C1Cc1ccccc1. The Morgan fingerprint density at radius 1 is 0.405 bits per heavy atom. The highest BCUT2D eigenvalue weighted by Crippen LogP contribution is 2.23. The predicted molar refractivity (Wildman–Crippen MR) is 188 cm³/mol. The van der Waals surface area contributed by atoms with E-state index in [2.05, 4.69) is 66.4 Å². The van der Waals surface area contributed by atoms with E-state index in [0.29, 0.717) is 6.17 Å². The van der Waals surface area contributed by atoms with E-state index in [4.69, 9.17) is 0 Å². The maximum Gasteiger partial charge on any atom is 0.105 e. The molecule has 2 heteroatoms. The van der Waals surface area contributed by atoms with E-state index in [0.717, 1.165) is 6.42 Å². The first-order valence-corrected chi connectivity index (χ1v) is 19.1. The molecule has 1 unspecified atom stereocenters. The van der Waals surface area contributed by atoms with Crippen LogP contribution < -0.4 is 0 Å². The minimum Gasteiger partial charge on any atom is -0.356 e. The van der Waals surface area contributed by atoms with Gasteiger partial charge in [-0.25, -0.2) is 0 Å². The highest BCUT2D eigenvalue weighted by Gasteiger charge is 2.25. The van der Waals surface area contributed by atoms with Crippen molar-refractivity contribution in [2.75, 3.05) is 13.1 Å². The molecule has 1 aliphatic rings. The molecule has 0 saturated carbocycles. The van der Waals surface area contributed by atoms with Crippen molar-refractivity contribution in [1.82, 2.24) is 9.80 Å². The van der Waals surface area contributed by atoms with Gasteiger partial charge in [0.15, 0.2) is 0 Å². The van der Waals surface area contributed by atoms with Gasteiger partial charge >= 0.3 is 0 Å². The van der Waals surface area contributed by atoms with Crippen LogP contribution in [0.2, 0.25) is 0 Å². The molecule has 2 rings (SSSR count). The van der Waals surface area contributed by atoms with Crippen LogP contribution in [-0.2, 0) is 6.42 Å². The van der Waals surface area contributed by atoms with Gasteiger partial charge in [-0.2, -0.15) is 0 Å². The zero-order valence-corrected chi connectivity index (χ0v) is 28.5. The van der Waals surface area contributed by atoms with Crippen LogP contribution in [-0.4, -0.2) is 29.1 Å². The number of rotatable bonds is 30. The van der Waals surface area contributed by atoms with E-state index in [1.54, 1.807) is 0 Å². The van der Waals surface area contributed by atoms with Crippen molar-refractivity contribution in [1.29, 1.82) is 0 Å².